The summed E-state index contributed by atoms with van der Waals surface area (Å²) < 4.78 is 75.6. The average Bonchev–Trinajstić information content (AvgIpc) is 1.62. The number of aliphatic hydroxyl groups is 12. The molecule has 0 spiro atoms. The Hall–Kier alpha value is -3.55. The molecule has 33 nitrogen and oxygen atoms in total. The second kappa shape index (κ2) is 62.9. The number of aldehydes is 1. The van der Waals surface area contributed by atoms with Crippen LogP contribution in [0.3, 0.4) is 0 Å². The number of benzene rings is 3. The molecule has 14 N–H and O–H groups in total. The Bertz CT molecular complexity index is 3890. The van der Waals surface area contributed by atoms with E-state index in [4.69, 9.17) is 77.5 Å². The first kappa shape index (κ1) is 120. The molecule has 3 aromatic rings. The summed E-state index contributed by atoms with van der Waals surface area (Å²) >= 11 is -2.57. The van der Waals surface area contributed by atoms with Crippen molar-refractivity contribution in [3.8, 4) is 0 Å². The normalized spacial score (nSPS) is 33.4. The number of esters is 6. The first-order valence-electron chi connectivity index (χ1n) is 45.7. The Morgan fingerprint density at radius 1 is 0.370 bits per heavy atom. The topological polar surface area (TPSA) is 508 Å². The SMILES string of the molecule is C=CC[C@H]1O[C@H](CC)[C@@H](C)[C@H](OC(C)=O)[C@H]1OC(C)=O.C=CC[C@H]1O[C@H](CO)[C@@H](O)[C@H](O)[C@H]1O.CC[C@H]1O[C@H](CC=O)[C@H](OC(C)=O)[C@@H](OC(C)=O)[C@@H]1C.CC[C@H]1O[C@H](CCCc2ccc([As]3SCCS3)cc2)[C@H](OC(C)=O)[C@@H](OC(C)=O)[C@@H]1C.CO[C@H]1O[C@H](CO)[C@@H](O)[C@H](O)[C@H]1O.Nc1ccc([As]2SCCS2)cc1.OC[C@H]1O[C@H](CCCc2ccc([As]3SCCS3)cc2)[C@H](O)[C@@H](O)[C@@H]1O. The second-order valence-corrected chi connectivity index (χ2v) is 68.7. The molecule has 30 atom stereocenters. The van der Waals surface area contributed by atoms with Crippen LogP contribution in [0, 0.1) is 17.8 Å². The van der Waals surface area contributed by atoms with E-state index in [-0.39, 0.29) is 79.2 Å². The van der Waals surface area contributed by atoms with Gasteiger partial charge < -0.3 is 88.3 Å². The summed E-state index contributed by atoms with van der Waals surface area (Å²) in [5.74, 6) is 5.21. The third kappa shape index (κ3) is 37.9. The Balaban J connectivity index is 0.000000248. The molecule has 0 aliphatic carbocycles. The molecule has 0 saturated carbocycles. The monoisotopic (exact) mass is 2200 g/mol. The number of nitrogen functional groups attached to an aromatic ring is 1. The van der Waals surface area contributed by atoms with Gasteiger partial charge in [-0.1, -0.05) is 39.8 Å². The second-order valence-electron chi connectivity index (χ2n) is 33.5. The summed E-state index contributed by atoms with van der Waals surface area (Å²) in [5.41, 5.74) is 9.09. The van der Waals surface area contributed by atoms with Crippen molar-refractivity contribution in [3.63, 3.8) is 0 Å². The van der Waals surface area contributed by atoms with E-state index in [1.165, 1.54) is 98.6 Å². The molecule has 12 rings (SSSR count). The number of nitrogens with two attached hydrogens (primary N) is 1. The van der Waals surface area contributed by atoms with Crippen molar-refractivity contribution in [2.24, 2.45) is 17.8 Å². The van der Waals surface area contributed by atoms with Crippen molar-refractivity contribution in [1.82, 2.24) is 0 Å². The van der Waals surface area contributed by atoms with Crippen molar-refractivity contribution in [1.29, 1.82) is 0 Å². The maximum absolute atomic E-state index is 11.8. The molecular formula is C93H144As3NO32S6. The van der Waals surface area contributed by atoms with Gasteiger partial charge in [0.05, 0.1) is 31.5 Å². The molecule has 0 radical (unpaired) electrons. The predicted molar refractivity (Wildman–Crippen MR) is 527 cm³/mol. The number of ether oxygens (including phenoxy) is 13. The van der Waals surface area contributed by atoms with Gasteiger partial charge in [0.1, 0.15) is 79.5 Å². The van der Waals surface area contributed by atoms with Crippen LogP contribution in [0.2, 0.25) is 0 Å². The van der Waals surface area contributed by atoms with Gasteiger partial charge in [-0.05, 0) is 25.7 Å². The van der Waals surface area contributed by atoms with Gasteiger partial charge in [-0.3, -0.25) is 24.0 Å². The first-order valence-corrected chi connectivity index (χ1v) is 67.9. The third-order valence-corrected chi connectivity index (χ3v) is 64.7. The van der Waals surface area contributed by atoms with Crippen LogP contribution in [0.15, 0.2) is 98.1 Å². The van der Waals surface area contributed by atoms with E-state index in [2.05, 4.69) is 141 Å². The van der Waals surface area contributed by atoms with Gasteiger partial charge in [0.15, 0.2) is 18.5 Å². The Morgan fingerprint density at radius 2 is 0.637 bits per heavy atom. The molecule has 135 heavy (non-hydrogen) atoms. The number of rotatable bonds is 30. The number of aliphatic hydroxyl groups excluding tert-OH is 12. The zero-order chi connectivity index (χ0) is 99.9. The van der Waals surface area contributed by atoms with Gasteiger partial charge in [0, 0.05) is 60.0 Å². The van der Waals surface area contributed by atoms with Crippen LogP contribution in [0.25, 0.3) is 0 Å². The van der Waals surface area contributed by atoms with E-state index in [9.17, 15) is 84.6 Å². The van der Waals surface area contributed by atoms with Crippen LogP contribution < -0.4 is 18.8 Å². The van der Waals surface area contributed by atoms with Crippen molar-refractivity contribution in [3.05, 3.63) is 109 Å². The molecule has 42 heteroatoms. The summed E-state index contributed by atoms with van der Waals surface area (Å²) in [4.78, 5) is 79.4. The first-order chi connectivity index (χ1) is 64.4. The van der Waals surface area contributed by atoms with E-state index in [1.807, 2.05) is 46.8 Å². The molecule has 9 aliphatic rings. The number of aryl methyl sites for hydroxylation is 2. The number of anilines is 1. The van der Waals surface area contributed by atoms with Gasteiger partial charge in [-0.15, -0.1) is 13.2 Å². The predicted octanol–water partition coefficient (Wildman–Crippen LogP) is 4.66. The standard InChI is InChI=1S/C23H33AsO5S2.C17H25AsO5S2.C15H24O5.C14H22O6.C9H16O5.C8H10AsNS2.C7H14O6/c1-5-20-15(2)22(27-16(3)25)23(28-17(4)26)21(29-20)8-6-7-18-9-11-19(12-10-18)24-30-13-14-31-24;19-10-14-16(21)17(22)15(20)13(23-14)3-1-2-11-4-6-12(7-5-11)18-24-8-9-25-18;1-6-8-13-15(19-11(5)17)14(18-10(4)16)9(3)12(7-2)20-13;1-5-11-8(2)13(18-9(3)16)14(19-10(4)17)12(20-11)6-7-15;1-2-3-5-7(11)9(13)8(12)6(4-10)14-5;10-8-3-1-7(2-4-8)9-11-5-6-12-9;1-12-7-6(11)5(10)4(9)3(2-8)13-7/h9-12,15,20-23H,5-8,13-14H2,1-4H3;4-7,13-17,19-22H,1-3,8-10H2;6,9,12-15H,1,7-8H2,2-5H3;7-8,11-14H,5-6H2,1-4H3;2,5-13H,1,3-4H2;1-4H,5-6,10H2;3-11H,2H2,1H3/t15-,20-,21-,22+,23+;13-,14-,15+,16-,17-;9-,12-,13-,14+,15+;8-,11-,12-,13+,14+;5-,6-,7+,8-,9-;;3-,4-,5+,6-,7+/m11111.1/s1. The molecule has 3 aromatic carbocycles. The molecule has 9 heterocycles. The molecule has 0 unspecified atom stereocenters. The molecule has 9 saturated heterocycles. The summed E-state index contributed by atoms with van der Waals surface area (Å²) in [5, 5.41) is 113. The van der Waals surface area contributed by atoms with E-state index >= 15 is 0 Å². The minimum atomic E-state index is -1.36. The van der Waals surface area contributed by atoms with Crippen molar-refractivity contribution in [2.45, 2.75) is 325 Å². The fourth-order valence-corrected chi connectivity index (χ4v) is 58.9. The fraction of sp³-hybridized carbons (Fsp3) is 0.688. The van der Waals surface area contributed by atoms with E-state index in [1.54, 1.807) is 20.9 Å². The molecular weight excluding hydrogens is 2060 g/mol. The number of carbonyl (C=O) groups is 7. The Morgan fingerprint density at radius 3 is 0.956 bits per heavy atom. The van der Waals surface area contributed by atoms with Crippen molar-refractivity contribution >= 4 is 158 Å². The van der Waals surface area contributed by atoms with Gasteiger partial charge in [0.2, 0.25) is 0 Å². The summed E-state index contributed by atoms with van der Waals surface area (Å²) in [7, 11) is 14.2. The van der Waals surface area contributed by atoms with Gasteiger partial charge in [0.25, 0.3) is 0 Å². The average molecular weight is 2210 g/mol. The maximum atomic E-state index is 11.8. The van der Waals surface area contributed by atoms with E-state index in [0.717, 1.165) is 57.1 Å². The summed E-state index contributed by atoms with van der Waals surface area (Å²) in [6.45, 7) is 25.9. The molecule has 0 amide bonds. The summed E-state index contributed by atoms with van der Waals surface area (Å²) in [6, 6.07) is 26.5. The van der Waals surface area contributed by atoms with Crippen molar-refractivity contribution < 1.29 is 156 Å². The molecule has 0 bridgehead atoms. The third-order valence-electron chi connectivity index (χ3n) is 23.5. The number of carbonyl (C=O) groups excluding carboxylic acids is 7. The molecule has 0 aromatic heterocycles. The number of methoxy groups -OCH3 is 1. The van der Waals surface area contributed by atoms with Gasteiger partial charge in [-0.2, -0.15) is 0 Å². The van der Waals surface area contributed by atoms with Crippen LogP contribution >= 0.6 is 60.1 Å². The Labute approximate surface area is 827 Å². The quantitative estimate of drug-likeness (QED) is 0.0108. The van der Waals surface area contributed by atoms with Gasteiger partial charge in [-0.25, -0.2) is 0 Å². The zero-order valence-electron chi connectivity index (χ0n) is 79.1. The molecule has 9 fully saturated rings. The fourth-order valence-electron chi connectivity index (χ4n) is 16.5. The van der Waals surface area contributed by atoms with E-state index in [0.29, 0.717) is 25.5 Å². The number of hydrogen-bond acceptors (Lipinski definition) is 39. The van der Waals surface area contributed by atoms with E-state index < -0.39 is 203 Å². The van der Waals surface area contributed by atoms with Crippen LogP contribution in [-0.2, 0) is 108 Å². The van der Waals surface area contributed by atoms with Crippen LogP contribution in [0.1, 0.15) is 158 Å². The van der Waals surface area contributed by atoms with Crippen LogP contribution in [0.4, 0.5) is 5.69 Å². The van der Waals surface area contributed by atoms with Crippen LogP contribution in [-0.4, -0.2) is 367 Å². The molecule has 9 aliphatic heterocycles. The molecule has 764 valence electrons. The van der Waals surface area contributed by atoms with Crippen LogP contribution in [0.5, 0.6) is 0 Å². The Kier molecular flexibility index (Phi) is 56.0. The number of hydrogen-bond donors (Lipinski definition) is 13. The van der Waals surface area contributed by atoms with Crippen molar-refractivity contribution in [2.75, 3.05) is 67.2 Å². The van der Waals surface area contributed by atoms with Gasteiger partial charge >= 0.3 is 453 Å². The zero-order valence-corrected chi connectivity index (χ0v) is 89.7. The minimum absolute atomic E-state index is 0.0212. The summed E-state index contributed by atoms with van der Waals surface area (Å²) in [6.07, 6.45) is -8.74.